The lowest BCUT2D eigenvalue weighted by atomic mass is 10.1. The third-order valence-electron chi connectivity index (χ3n) is 2.98. The Kier molecular flexibility index (Phi) is 5.65. The van der Waals surface area contributed by atoms with Crippen LogP contribution in [0.5, 0.6) is 5.75 Å². The number of nitrogens with zero attached hydrogens (tertiary/aromatic N) is 2. The number of carbonyl (C=O) groups excluding carboxylic acids is 3. The topological polar surface area (TPSA) is 125 Å². The number of carbonyl (C=O) groups is 3. The predicted molar refractivity (Wildman–Crippen MR) is 85.6 cm³/mol. The van der Waals surface area contributed by atoms with Crippen molar-refractivity contribution in [1.29, 1.82) is 0 Å². The fraction of sp³-hybridized carbons (Fsp3) is 0.267. The first kappa shape index (κ1) is 18.3. The third kappa shape index (κ3) is 3.74. The van der Waals surface area contributed by atoms with Crippen LogP contribution >= 0.6 is 11.3 Å². The molecule has 0 fully saturated rings. The summed E-state index contributed by atoms with van der Waals surface area (Å²) in [6, 6.07) is 1.03. The van der Waals surface area contributed by atoms with Crippen molar-refractivity contribution < 1.29 is 33.7 Å². The van der Waals surface area contributed by atoms with Gasteiger partial charge in [0.1, 0.15) is 16.5 Å². The van der Waals surface area contributed by atoms with E-state index < -0.39 is 23.7 Å². The monoisotopic (exact) mass is 366 g/mol. The minimum Gasteiger partial charge on any atom is -0.506 e. The quantitative estimate of drug-likeness (QED) is 0.621. The summed E-state index contributed by atoms with van der Waals surface area (Å²) >= 11 is 1.02. The number of methoxy groups -OCH3 is 2. The summed E-state index contributed by atoms with van der Waals surface area (Å²) in [6.07, 6.45) is 0. The first-order chi connectivity index (χ1) is 11.9. The molecule has 0 unspecified atom stereocenters. The first-order valence-corrected chi connectivity index (χ1v) is 7.84. The summed E-state index contributed by atoms with van der Waals surface area (Å²) in [6.45, 7) is 1.85. The highest BCUT2D eigenvalue weighted by Crippen LogP contribution is 2.32. The average Bonchev–Trinajstić information content (AvgIpc) is 3.10. The van der Waals surface area contributed by atoms with Gasteiger partial charge in [-0.1, -0.05) is 0 Å². The van der Waals surface area contributed by atoms with E-state index in [1.165, 1.54) is 5.38 Å². The number of esters is 3. The van der Waals surface area contributed by atoms with Crippen LogP contribution in [0.2, 0.25) is 0 Å². The number of hydrogen-bond donors (Lipinski definition) is 1. The van der Waals surface area contributed by atoms with Crippen LogP contribution in [-0.4, -0.2) is 53.8 Å². The van der Waals surface area contributed by atoms with Crippen LogP contribution in [0.15, 0.2) is 11.4 Å². The fourth-order valence-electron chi connectivity index (χ4n) is 1.86. The molecule has 2 heterocycles. The van der Waals surface area contributed by atoms with Crippen LogP contribution in [0.1, 0.15) is 38.3 Å². The molecule has 2 aromatic heterocycles. The molecule has 0 aliphatic heterocycles. The molecule has 1 N–H and O–H groups in total. The number of aromatic nitrogens is 2. The van der Waals surface area contributed by atoms with Crippen LogP contribution in [0.3, 0.4) is 0 Å². The van der Waals surface area contributed by atoms with Crippen LogP contribution in [0.4, 0.5) is 0 Å². The summed E-state index contributed by atoms with van der Waals surface area (Å²) in [5.41, 5.74) is -0.624. The van der Waals surface area contributed by atoms with Crippen molar-refractivity contribution in [3.8, 4) is 16.5 Å². The summed E-state index contributed by atoms with van der Waals surface area (Å²) < 4.78 is 14.0. The van der Waals surface area contributed by atoms with Gasteiger partial charge in [-0.25, -0.2) is 24.4 Å². The Morgan fingerprint density at radius 1 is 1.12 bits per heavy atom. The second kappa shape index (κ2) is 7.71. The highest BCUT2D eigenvalue weighted by atomic mass is 32.1. The minimum absolute atomic E-state index is 0.0414. The van der Waals surface area contributed by atoms with Gasteiger partial charge in [-0.15, -0.1) is 11.3 Å². The zero-order valence-electron chi connectivity index (χ0n) is 13.6. The molecule has 2 rings (SSSR count). The summed E-state index contributed by atoms with van der Waals surface area (Å²) in [5.74, 6) is -2.77. The van der Waals surface area contributed by atoms with Crippen molar-refractivity contribution in [2.75, 3.05) is 20.8 Å². The maximum absolute atomic E-state index is 11.9. The number of rotatable bonds is 5. The molecule has 0 radical (unpaired) electrons. The number of pyridine rings is 1. The predicted octanol–water partition coefficient (Wildman–Crippen LogP) is 1.66. The van der Waals surface area contributed by atoms with Crippen molar-refractivity contribution in [3.05, 3.63) is 28.4 Å². The summed E-state index contributed by atoms with van der Waals surface area (Å²) in [4.78, 5) is 43.3. The molecule has 0 saturated carbocycles. The Balaban J connectivity index is 2.53. The van der Waals surface area contributed by atoms with Crippen LogP contribution < -0.4 is 0 Å². The van der Waals surface area contributed by atoms with Crippen LogP contribution in [0, 0.1) is 0 Å². The SMILES string of the molecule is CCOC(=O)c1csc(-c2nc(C(=O)OC)c(C(=O)OC)cc2O)n1. The molecule has 0 bridgehead atoms. The van der Waals surface area contributed by atoms with Gasteiger partial charge in [0, 0.05) is 5.38 Å². The summed E-state index contributed by atoms with van der Waals surface area (Å²) in [5, 5.41) is 11.7. The van der Waals surface area contributed by atoms with Gasteiger partial charge in [-0.05, 0) is 13.0 Å². The molecule has 0 amide bonds. The Bertz CT molecular complexity index is 831. The van der Waals surface area contributed by atoms with Gasteiger partial charge in [0.05, 0.1) is 26.4 Å². The standard InChI is InChI=1S/C15H14N2O7S/c1-4-24-14(20)8-6-25-12(16-8)11-9(18)5-7(13(19)22-2)10(17-11)15(21)23-3/h5-6,18H,4H2,1-3H3. The molecule has 2 aromatic rings. The highest BCUT2D eigenvalue weighted by Gasteiger charge is 2.25. The molecule has 25 heavy (non-hydrogen) atoms. The maximum atomic E-state index is 11.9. The Hall–Kier alpha value is -3.01. The van der Waals surface area contributed by atoms with Gasteiger partial charge in [-0.2, -0.15) is 0 Å². The van der Waals surface area contributed by atoms with Crippen molar-refractivity contribution in [2.45, 2.75) is 6.92 Å². The molecule has 0 aliphatic rings. The lowest BCUT2D eigenvalue weighted by Gasteiger charge is -2.08. The smallest absolute Gasteiger partial charge is 0.357 e. The van der Waals surface area contributed by atoms with Gasteiger partial charge in [0.2, 0.25) is 0 Å². The molecule has 0 atom stereocenters. The van der Waals surface area contributed by atoms with Crippen molar-refractivity contribution in [3.63, 3.8) is 0 Å². The summed E-state index contributed by atoms with van der Waals surface area (Å²) in [7, 11) is 2.25. The van der Waals surface area contributed by atoms with E-state index in [0.29, 0.717) is 0 Å². The molecule has 10 heteroatoms. The average molecular weight is 366 g/mol. The lowest BCUT2D eigenvalue weighted by molar-refractivity contribution is 0.0519. The molecular weight excluding hydrogens is 352 g/mol. The highest BCUT2D eigenvalue weighted by molar-refractivity contribution is 7.13. The van der Waals surface area contributed by atoms with E-state index in [2.05, 4.69) is 19.4 Å². The normalized spacial score (nSPS) is 10.2. The van der Waals surface area contributed by atoms with E-state index >= 15 is 0 Å². The number of aromatic hydroxyl groups is 1. The molecule has 9 nitrogen and oxygen atoms in total. The second-order valence-electron chi connectivity index (χ2n) is 4.49. The van der Waals surface area contributed by atoms with Crippen LogP contribution in [-0.2, 0) is 14.2 Å². The van der Waals surface area contributed by atoms with Crippen LogP contribution in [0.25, 0.3) is 10.7 Å². The van der Waals surface area contributed by atoms with Crippen molar-refractivity contribution in [2.24, 2.45) is 0 Å². The molecule has 132 valence electrons. The van der Waals surface area contributed by atoms with E-state index in [-0.39, 0.29) is 34.3 Å². The zero-order valence-corrected chi connectivity index (χ0v) is 14.4. The Morgan fingerprint density at radius 3 is 2.40 bits per heavy atom. The van der Waals surface area contributed by atoms with E-state index in [9.17, 15) is 19.5 Å². The van der Waals surface area contributed by atoms with Crippen molar-refractivity contribution >= 4 is 29.2 Å². The molecule has 0 aliphatic carbocycles. The van der Waals surface area contributed by atoms with E-state index in [4.69, 9.17) is 4.74 Å². The second-order valence-corrected chi connectivity index (χ2v) is 5.35. The number of thiazole rings is 1. The minimum atomic E-state index is -0.885. The molecular formula is C15H14N2O7S. The lowest BCUT2D eigenvalue weighted by Crippen LogP contribution is -2.14. The zero-order chi connectivity index (χ0) is 18.6. The van der Waals surface area contributed by atoms with E-state index in [1.54, 1.807) is 6.92 Å². The van der Waals surface area contributed by atoms with Gasteiger partial charge in [0.15, 0.2) is 11.4 Å². The largest absolute Gasteiger partial charge is 0.506 e. The van der Waals surface area contributed by atoms with Gasteiger partial charge in [0.25, 0.3) is 0 Å². The fourth-order valence-corrected chi connectivity index (χ4v) is 2.64. The third-order valence-corrected chi connectivity index (χ3v) is 3.83. The number of hydrogen-bond acceptors (Lipinski definition) is 10. The first-order valence-electron chi connectivity index (χ1n) is 6.96. The van der Waals surface area contributed by atoms with Crippen molar-refractivity contribution in [1.82, 2.24) is 9.97 Å². The molecule has 0 aromatic carbocycles. The van der Waals surface area contributed by atoms with E-state index in [0.717, 1.165) is 31.6 Å². The maximum Gasteiger partial charge on any atom is 0.357 e. The van der Waals surface area contributed by atoms with Gasteiger partial charge in [-0.3, -0.25) is 0 Å². The Morgan fingerprint density at radius 2 is 1.80 bits per heavy atom. The van der Waals surface area contributed by atoms with E-state index in [1.807, 2.05) is 0 Å². The molecule has 0 saturated heterocycles. The van der Waals surface area contributed by atoms with Gasteiger partial charge >= 0.3 is 17.9 Å². The molecule has 0 spiro atoms. The van der Waals surface area contributed by atoms with Gasteiger partial charge < -0.3 is 19.3 Å². The Labute approximate surface area is 146 Å². The number of ether oxygens (including phenoxy) is 3.